The zero-order chi connectivity index (χ0) is 21.0. The van der Waals surface area contributed by atoms with Crippen molar-refractivity contribution in [3.63, 3.8) is 0 Å². The van der Waals surface area contributed by atoms with Crippen molar-refractivity contribution in [3.8, 4) is 0 Å². The molecule has 0 N–H and O–H groups in total. The first-order valence-corrected chi connectivity index (χ1v) is 8.85. The standard InChI is InChI=1S/C19H17N3O7/c23-18(13-4-3-5-15(10-13)21(25)26)12-29-19(24)14-6-7-16(17(11-14)22(27)28)20-8-1-2-9-20/h3-7,10-11H,1-2,8-9,12H2. The summed E-state index contributed by atoms with van der Waals surface area (Å²) in [5.41, 5.74) is -0.0350. The molecule has 1 aliphatic rings. The van der Waals surface area contributed by atoms with Crippen LogP contribution in [0, 0.1) is 20.2 Å². The molecule has 0 saturated carbocycles. The topological polar surface area (TPSA) is 133 Å². The molecule has 0 atom stereocenters. The Bertz CT molecular complexity index is 984. The number of non-ortho nitro benzene ring substituents is 1. The van der Waals surface area contributed by atoms with Gasteiger partial charge in [-0.05, 0) is 25.0 Å². The molecule has 0 aromatic heterocycles. The van der Waals surface area contributed by atoms with Gasteiger partial charge in [-0.15, -0.1) is 0 Å². The summed E-state index contributed by atoms with van der Waals surface area (Å²) in [7, 11) is 0. The lowest BCUT2D eigenvalue weighted by Crippen LogP contribution is -2.19. The van der Waals surface area contributed by atoms with Gasteiger partial charge in [-0.1, -0.05) is 12.1 Å². The second-order valence-corrected chi connectivity index (χ2v) is 6.46. The van der Waals surface area contributed by atoms with Gasteiger partial charge in [0.2, 0.25) is 5.78 Å². The zero-order valence-electron chi connectivity index (χ0n) is 15.3. The number of benzene rings is 2. The van der Waals surface area contributed by atoms with Gasteiger partial charge in [0.25, 0.3) is 11.4 Å². The third kappa shape index (κ3) is 4.54. The number of carbonyl (C=O) groups is 2. The Morgan fingerprint density at radius 3 is 2.34 bits per heavy atom. The van der Waals surface area contributed by atoms with Crippen molar-refractivity contribution in [3.05, 3.63) is 73.8 Å². The zero-order valence-corrected chi connectivity index (χ0v) is 15.3. The van der Waals surface area contributed by atoms with E-state index in [1.54, 1.807) is 0 Å². The van der Waals surface area contributed by atoms with Crippen LogP contribution in [0.2, 0.25) is 0 Å². The van der Waals surface area contributed by atoms with Crippen LogP contribution in [0.15, 0.2) is 42.5 Å². The SMILES string of the molecule is O=C(COC(=O)c1ccc(N2CCCC2)c([N+](=O)[O-])c1)c1cccc([N+](=O)[O-])c1. The van der Waals surface area contributed by atoms with Gasteiger partial charge >= 0.3 is 5.97 Å². The van der Waals surface area contributed by atoms with Crippen molar-refractivity contribution in [1.82, 2.24) is 0 Å². The summed E-state index contributed by atoms with van der Waals surface area (Å²) < 4.78 is 4.95. The van der Waals surface area contributed by atoms with E-state index >= 15 is 0 Å². The molecule has 0 radical (unpaired) electrons. The van der Waals surface area contributed by atoms with Crippen LogP contribution in [-0.2, 0) is 4.74 Å². The number of nitrogens with zero attached hydrogens (tertiary/aromatic N) is 3. The van der Waals surface area contributed by atoms with Crippen LogP contribution in [0.1, 0.15) is 33.6 Å². The largest absolute Gasteiger partial charge is 0.454 e. The van der Waals surface area contributed by atoms with Gasteiger partial charge in [0.15, 0.2) is 6.61 Å². The number of rotatable bonds is 7. The van der Waals surface area contributed by atoms with E-state index in [0.29, 0.717) is 18.8 Å². The number of ether oxygens (including phenoxy) is 1. The average molecular weight is 399 g/mol. The van der Waals surface area contributed by atoms with Crippen LogP contribution in [0.5, 0.6) is 0 Å². The van der Waals surface area contributed by atoms with Crippen LogP contribution >= 0.6 is 0 Å². The number of nitro benzene ring substituents is 2. The Morgan fingerprint density at radius 1 is 0.966 bits per heavy atom. The molecule has 0 aliphatic carbocycles. The maximum absolute atomic E-state index is 12.2. The van der Waals surface area contributed by atoms with E-state index in [0.717, 1.165) is 25.0 Å². The van der Waals surface area contributed by atoms with Crippen molar-refractivity contribution in [2.24, 2.45) is 0 Å². The van der Waals surface area contributed by atoms with Crippen LogP contribution in [0.4, 0.5) is 17.1 Å². The van der Waals surface area contributed by atoms with Crippen LogP contribution in [0.25, 0.3) is 0 Å². The monoisotopic (exact) mass is 399 g/mol. The van der Waals surface area contributed by atoms with E-state index in [9.17, 15) is 29.8 Å². The van der Waals surface area contributed by atoms with E-state index in [1.165, 1.54) is 30.3 Å². The normalized spacial score (nSPS) is 13.2. The number of esters is 1. The summed E-state index contributed by atoms with van der Waals surface area (Å²) in [5, 5.41) is 22.2. The molecule has 2 aromatic carbocycles. The maximum atomic E-state index is 12.2. The minimum Gasteiger partial charge on any atom is -0.454 e. The maximum Gasteiger partial charge on any atom is 0.338 e. The van der Waals surface area contributed by atoms with Crippen LogP contribution in [-0.4, -0.2) is 41.3 Å². The molecule has 1 aliphatic heterocycles. The third-order valence-corrected chi connectivity index (χ3v) is 4.57. The fourth-order valence-electron chi connectivity index (χ4n) is 3.11. The van der Waals surface area contributed by atoms with Crippen molar-refractivity contribution in [2.45, 2.75) is 12.8 Å². The summed E-state index contributed by atoms with van der Waals surface area (Å²) in [6.07, 6.45) is 1.89. The van der Waals surface area contributed by atoms with E-state index in [1.807, 2.05) is 4.90 Å². The molecular formula is C19H17N3O7. The van der Waals surface area contributed by atoms with Crippen LogP contribution < -0.4 is 4.90 Å². The predicted molar refractivity (Wildman–Crippen MR) is 102 cm³/mol. The molecule has 0 amide bonds. The number of hydrogen-bond donors (Lipinski definition) is 0. The van der Waals surface area contributed by atoms with Crippen molar-refractivity contribution < 1.29 is 24.2 Å². The molecule has 0 unspecified atom stereocenters. The van der Waals surface area contributed by atoms with Gasteiger partial charge < -0.3 is 9.64 Å². The van der Waals surface area contributed by atoms with Crippen molar-refractivity contribution in [1.29, 1.82) is 0 Å². The highest BCUT2D eigenvalue weighted by atomic mass is 16.6. The quantitative estimate of drug-likeness (QED) is 0.300. The highest BCUT2D eigenvalue weighted by Gasteiger charge is 2.24. The molecule has 2 aromatic rings. The van der Waals surface area contributed by atoms with Gasteiger partial charge in [0.1, 0.15) is 5.69 Å². The lowest BCUT2D eigenvalue weighted by atomic mass is 10.1. The lowest BCUT2D eigenvalue weighted by molar-refractivity contribution is -0.384. The van der Waals surface area contributed by atoms with Crippen molar-refractivity contribution >= 4 is 28.8 Å². The number of Topliss-reactive ketones (excluding diaryl/α,β-unsaturated/α-hetero) is 1. The smallest absolute Gasteiger partial charge is 0.338 e. The van der Waals surface area contributed by atoms with E-state index in [2.05, 4.69) is 0 Å². The average Bonchev–Trinajstić information content (AvgIpc) is 3.26. The van der Waals surface area contributed by atoms with Gasteiger partial charge in [0, 0.05) is 36.9 Å². The van der Waals surface area contributed by atoms with Crippen molar-refractivity contribution in [2.75, 3.05) is 24.6 Å². The molecule has 150 valence electrons. The molecule has 10 nitrogen and oxygen atoms in total. The number of hydrogen-bond acceptors (Lipinski definition) is 8. The molecule has 0 spiro atoms. The number of nitro groups is 2. The Kier molecular flexibility index (Phi) is 5.82. The highest BCUT2D eigenvalue weighted by Crippen LogP contribution is 2.31. The first kappa shape index (κ1) is 19.9. The summed E-state index contributed by atoms with van der Waals surface area (Å²) in [5.74, 6) is -1.51. The molecule has 29 heavy (non-hydrogen) atoms. The van der Waals surface area contributed by atoms with Gasteiger partial charge in [-0.2, -0.15) is 0 Å². The Balaban J connectivity index is 1.71. The molecule has 10 heteroatoms. The molecule has 1 saturated heterocycles. The summed E-state index contributed by atoms with van der Waals surface area (Å²) in [6.45, 7) is 0.784. The molecule has 0 bridgehead atoms. The Morgan fingerprint density at radius 2 is 1.69 bits per heavy atom. The van der Waals surface area contributed by atoms with Gasteiger partial charge in [-0.25, -0.2) is 4.79 Å². The fourth-order valence-corrected chi connectivity index (χ4v) is 3.11. The highest BCUT2D eigenvalue weighted by molar-refractivity contribution is 6.00. The number of ketones is 1. The van der Waals surface area contributed by atoms with E-state index in [4.69, 9.17) is 4.74 Å². The van der Waals surface area contributed by atoms with E-state index in [-0.39, 0.29) is 22.5 Å². The lowest BCUT2D eigenvalue weighted by Gasteiger charge is -2.17. The van der Waals surface area contributed by atoms with Gasteiger partial charge in [0.05, 0.1) is 15.4 Å². The molecular weight excluding hydrogens is 382 g/mol. The minimum atomic E-state index is -0.889. The third-order valence-electron chi connectivity index (χ3n) is 4.57. The van der Waals surface area contributed by atoms with Gasteiger partial charge in [-0.3, -0.25) is 25.0 Å². The number of carbonyl (C=O) groups excluding carboxylic acids is 2. The van der Waals surface area contributed by atoms with Crippen LogP contribution in [0.3, 0.4) is 0 Å². The molecule has 1 heterocycles. The predicted octanol–water partition coefficient (Wildman–Crippen LogP) is 3.14. The number of anilines is 1. The summed E-state index contributed by atoms with van der Waals surface area (Å²) in [4.78, 5) is 47.3. The minimum absolute atomic E-state index is 0.0300. The first-order chi connectivity index (χ1) is 13.9. The Hall–Kier alpha value is -3.82. The molecule has 1 fully saturated rings. The second kappa shape index (κ2) is 8.46. The summed E-state index contributed by atoms with van der Waals surface area (Å²) >= 11 is 0. The fraction of sp³-hybridized carbons (Fsp3) is 0.263. The first-order valence-electron chi connectivity index (χ1n) is 8.85. The summed E-state index contributed by atoms with van der Waals surface area (Å²) in [6, 6.07) is 9.11. The second-order valence-electron chi connectivity index (χ2n) is 6.46. The Labute approximate surface area is 165 Å². The molecule has 3 rings (SSSR count). The van der Waals surface area contributed by atoms with E-state index < -0.39 is 28.2 Å².